The maximum absolute atomic E-state index is 12.2. The van der Waals surface area contributed by atoms with Gasteiger partial charge in [0, 0.05) is 17.3 Å². The van der Waals surface area contributed by atoms with E-state index in [9.17, 15) is 8.42 Å². The molecule has 106 valence electrons. The van der Waals surface area contributed by atoms with Crippen LogP contribution in [0.4, 0.5) is 11.5 Å². The molecule has 1 aromatic carbocycles. The van der Waals surface area contributed by atoms with Crippen molar-refractivity contribution in [2.24, 2.45) is 5.84 Å². The number of anilines is 2. The molecule has 2 aromatic rings. The van der Waals surface area contributed by atoms with Crippen LogP contribution in [0.1, 0.15) is 0 Å². The van der Waals surface area contributed by atoms with Gasteiger partial charge in [-0.1, -0.05) is 23.2 Å². The van der Waals surface area contributed by atoms with E-state index >= 15 is 0 Å². The lowest BCUT2D eigenvalue weighted by atomic mass is 10.3. The molecule has 9 heteroatoms. The van der Waals surface area contributed by atoms with Crippen LogP contribution >= 0.6 is 23.2 Å². The van der Waals surface area contributed by atoms with E-state index in [1.165, 1.54) is 36.5 Å². The summed E-state index contributed by atoms with van der Waals surface area (Å²) in [6, 6.07) is 7.09. The quantitative estimate of drug-likeness (QED) is 0.590. The summed E-state index contributed by atoms with van der Waals surface area (Å²) in [6.45, 7) is 0. The van der Waals surface area contributed by atoms with Crippen molar-refractivity contribution < 1.29 is 8.42 Å². The second-order valence-electron chi connectivity index (χ2n) is 3.75. The molecule has 0 spiro atoms. The zero-order chi connectivity index (χ0) is 14.8. The molecule has 2 rings (SSSR count). The van der Waals surface area contributed by atoms with Gasteiger partial charge in [0.25, 0.3) is 10.0 Å². The summed E-state index contributed by atoms with van der Waals surface area (Å²) >= 11 is 11.7. The number of hydrazine groups is 1. The van der Waals surface area contributed by atoms with E-state index in [1.807, 2.05) is 0 Å². The van der Waals surface area contributed by atoms with Crippen molar-refractivity contribution in [2.75, 3.05) is 10.1 Å². The highest BCUT2D eigenvalue weighted by molar-refractivity contribution is 7.92. The lowest BCUT2D eigenvalue weighted by Gasteiger charge is -2.10. The average Bonchev–Trinajstić information content (AvgIpc) is 2.42. The third-order valence-electron chi connectivity index (χ3n) is 2.37. The second kappa shape index (κ2) is 5.84. The van der Waals surface area contributed by atoms with Crippen LogP contribution in [0.3, 0.4) is 0 Å². The molecular weight excluding hydrogens is 323 g/mol. The number of sulfonamides is 1. The summed E-state index contributed by atoms with van der Waals surface area (Å²) in [7, 11) is -3.79. The zero-order valence-corrected chi connectivity index (χ0v) is 12.3. The van der Waals surface area contributed by atoms with Crippen molar-refractivity contribution in [3.63, 3.8) is 0 Å². The Hall–Kier alpha value is -1.54. The SMILES string of the molecule is NNc1cc(S(=O)(=O)Nc2ccc(Cl)cc2Cl)ccn1. The van der Waals surface area contributed by atoms with Crippen LogP contribution < -0.4 is 16.0 Å². The zero-order valence-electron chi connectivity index (χ0n) is 9.97. The average molecular weight is 333 g/mol. The van der Waals surface area contributed by atoms with Crippen molar-refractivity contribution in [1.29, 1.82) is 0 Å². The molecular formula is C11H10Cl2N4O2S. The third kappa shape index (κ3) is 3.31. The minimum absolute atomic E-state index is 0.00599. The number of pyridine rings is 1. The first-order valence-corrected chi connectivity index (χ1v) is 7.57. The highest BCUT2D eigenvalue weighted by atomic mass is 35.5. The van der Waals surface area contributed by atoms with Crippen LogP contribution in [0.25, 0.3) is 0 Å². The van der Waals surface area contributed by atoms with E-state index in [0.29, 0.717) is 5.02 Å². The second-order valence-corrected chi connectivity index (χ2v) is 6.28. The Morgan fingerprint density at radius 3 is 2.55 bits per heavy atom. The molecule has 0 aliphatic carbocycles. The number of hydrogen-bond donors (Lipinski definition) is 3. The van der Waals surface area contributed by atoms with Crippen molar-refractivity contribution >= 4 is 44.7 Å². The molecule has 1 aromatic heterocycles. The normalized spacial score (nSPS) is 11.2. The summed E-state index contributed by atoms with van der Waals surface area (Å²) in [5.41, 5.74) is 2.51. The van der Waals surface area contributed by atoms with E-state index in [-0.39, 0.29) is 21.4 Å². The molecule has 6 nitrogen and oxygen atoms in total. The van der Waals surface area contributed by atoms with Crippen LogP contribution in [0.2, 0.25) is 10.0 Å². The van der Waals surface area contributed by atoms with Gasteiger partial charge in [-0.15, -0.1) is 0 Å². The molecule has 0 bridgehead atoms. The molecule has 0 saturated carbocycles. The lowest BCUT2D eigenvalue weighted by molar-refractivity contribution is 0.601. The number of benzene rings is 1. The third-order valence-corrected chi connectivity index (χ3v) is 4.28. The largest absolute Gasteiger partial charge is 0.308 e. The van der Waals surface area contributed by atoms with Gasteiger partial charge in [-0.2, -0.15) is 0 Å². The Labute approximate surface area is 125 Å². The maximum Gasteiger partial charge on any atom is 0.262 e. The monoisotopic (exact) mass is 332 g/mol. The minimum Gasteiger partial charge on any atom is -0.308 e. The van der Waals surface area contributed by atoms with Crippen LogP contribution in [-0.4, -0.2) is 13.4 Å². The molecule has 0 aliphatic heterocycles. The topological polar surface area (TPSA) is 97.1 Å². The number of nitrogens with zero attached hydrogens (tertiary/aromatic N) is 1. The molecule has 0 aliphatic rings. The van der Waals surface area contributed by atoms with E-state index in [1.54, 1.807) is 0 Å². The Morgan fingerprint density at radius 1 is 1.15 bits per heavy atom. The summed E-state index contributed by atoms with van der Waals surface area (Å²) in [6.07, 6.45) is 1.33. The van der Waals surface area contributed by atoms with E-state index < -0.39 is 10.0 Å². The van der Waals surface area contributed by atoms with Crippen LogP contribution in [-0.2, 0) is 10.0 Å². The molecule has 1 heterocycles. The summed E-state index contributed by atoms with van der Waals surface area (Å²) in [4.78, 5) is 3.84. The Kier molecular flexibility index (Phi) is 4.34. The van der Waals surface area contributed by atoms with Crippen molar-refractivity contribution in [1.82, 2.24) is 4.98 Å². The van der Waals surface area contributed by atoms with Crippen LogP contribution in [0, 0.1) is 0 Å². The number of rotatable bonds is 4. The van der Waals surface area contributed by atoms with Crippen LogP contribution in [0.15, 0.2) is 41.4 Å². The van der Waals surface area contributed by atoms with Gasteiger partial charge in [-0.3, -0.25) is 4.72 Å². The van der Waals surface area contributed by atoms with Crippen molar-refractivity contribution in [3.05, 3.63) is 46.6 Å². The first-order chi connectivity index (χ1) is 9.42. The Bertz CT molecular complexity index is 737. The van der Waals surface area contributed by atoms with Gasteiger partial charge in [0.2, 0.25) is 0 Å². The lowest BCUT2D eigenvalue weighted by Crippen LogP contribution is -2.15. The van der Waals surface area contributed by atoms with E-state index in [0.717, 1.165) is 0 Å². The number of nitrogen functional groups attached to an aromatic ring is 1. The summed E-state index contributed by atoms with van der Waals surface area (Å²) in [5, 5.41) is 0.615. The summed E-state index contributed by atoms with van der Waals surface area (Å²) in [5.74, 6) is 5.42. The molecule has 0 saturated heterocycles. The van der Waals surface area contributed by atoms with E-state index in [2.05, 4.69) is 15.1 Å². The molecule has 4 N–H and O–H groups in total. The van der Waals surface area contributed by atoms with Gasteiger partial charge in [-0.05, 0) is 24.3 Å². The van der Waals surface area contributed by atoms with E-state index in [4.69, 9.17) is 29.0 Å². The summed E-state index contributed by atoms with van der Waals surface area (Å²) < 4.78 is 26.8. The molecule has 0 amide bonds. The maximum atomic E-state index is 12.2. The fourth-order valence-electron chi connectivity index (χ4n) is 1.43. The predicted molar refractivity (Wildman–Crippen MR) is 79.3 cm³/mol. The van der Waals surface area contributed by atoms with Gasteiger partial charge in [-0.25, -0.2) is 19.2 Å². The predicted octanol–water partition coefficient (Wildman–Crippen LogP) is 2.47. The van der Waals surface area contributed by atoms with Gasteiger partial charge in [0.05, 0.1) is 15.6 Å². The Morgan fingerprint density at radius 2 is 1.90 bits per heavy atom. The van der Waals surface area contributed by atoms with Crippen molar-refractivity contribution in [2.45, 2.75) is 4.90 Å². The highest BCUT2D eigenvalue weighted by Gasteiger charge is 2.16. The molecule has 0 fully saturated rings. The fourth-order valence-corrected chi connectivity index (χ4v) is 3.04. The van der Waals surface area contributed by atoms with Gasteiger partial charge < -0.3 is 5.43 Å². The number of aromatic nitrogens is 1. The Balaban J connectivity index is 2.35. The standard InChI is InChI=1S/C11H10Cl2N4O2S/c12-7-1-2-10(9(13)5-7)17-20(18,19)8-3-4-15-11(6-8)16-14/h1-6,17H,14H2,(H,15,16). The number of nitrogens with two attached hydrogens (primary N) is 1. The number of hydrogen-bond acceptors (Lipinski definition) is 5. The first kappa shape index (κ1) is 14.9. The molecule has 20 heavy (non-hydrogen) atoms. The van der Waals surface area contributed by atoms with Crippen molar-refractivity contribution in [3.8, 4) is 0 Å². The highest BCUT2D eigenvalue weighted by Crippen LogP contribution is 2.27. The molecule has 0 radical (unpaired) electrons. The van der Waals surface area contributed by atoms with Crippen LogP contribution in [0.5, 0.6) is 0 Å². The molecule has 0 unspecified atom stereocenters. The molecule has 0 atom stereocenters. The smallest absolute Gasteiger partial charge is 0.262 e. The number of nitrogens with one attached hydrogen (secondary N) is 2. The van der Waals surface area contributed by atoms with Gasteiger partial charge in [0.15, 0.2) is 0 Å². The number of halogens is 2. The van der Waals surface area contributed by atoms with Gasteiger partial charge >= 0.3 is 0 Å². The fraction of sp³-hybridized carbons (Fsp3) is 0. The van der Waals surface area contributed by atoms with Gasteiger partial charge in [0.1, 0.15) is 5.82 Å². The minimum atomic E-state index is -3.79. The first-order valence-electron chi connectivity index (χ1n) is 5.33.